The van der Waals surface area contributed by atoms with E-state index in [-0.39, 0.29) is 6.10 Å². The third kappa shape index (κ3) is 7.10. The number of carboxylic acid groups (broad SMARTS) is 1. The molecule has 0 spiro atoms. The molecule has 4 heteroatoms. The molecule has 0 aliphatic heterocycles. The van der Waals surface area contributed by atoms with Crippen molar-refractivity contribution in [1.82, 2.24) is 0 Å². The van der Waals surface area contributed by atoms with Gasteiger partial charge in [-0.25, -0.2) is 0 Å². The molecule has 1 N–H and O–H groups in total. The number of quaternary nitrogens is 1. The molecule has 4 nitrogen and oxygen atoms in total. The molecule has 0 radical (unpaired) electrons. The molecule has 0 heterocycles. The van der Waals surface area contributed by atoms with E-state index in [9.17, 15) is 15.0 Å². The summed E-state index contributed by atoms with van der Waals surface area (Å²) >= 11 is 0. The number of aliphatic hydroxyl groups excluding tert-OH is 1. The van der Waals surface area contributed by atoms with Gasteiger partial charge in [-0.2, -0.15) is 0 Å². The van der Waals surface area contributed by atoms with Crippen LogP contribution < -0.4 is 5.11 Å². The minimum absolute atomic E-state index is 0.170. The van der Waals surface area contributed by atoms with Crippen molar-refractivity contribution in [3.05, 3.63) is 0 Å². The van der Waals surface area contributed by atoms with Crippen molar-refractivity contribution in [2.75, 3.05) is 20.6 Å². The summed E-state index contributed by atoms with van der Waals surface area (Å²) in [5.41, 5.74) is -0.611. The lowest BCUT2D eigenvalue weighted by Gasteiger charge is -2.40. The zero-order valence-electron chi connectivity index (χ0n) is 15.5. The molecule has 0 amide bonds. The molecule has 0 aromatic rings. The van der Waals surface area contributed by atoms with Crippen molar-refractivity contribution in [3.63, 3.8) is 0 Å². The van der Waals surface area contributed by atoms with Crippen molar-refractivity contribution in [2.24, 2.45) is 5.41 Å². The standard InChI is InChI=1S/C11H24NO.C7H14O2/c1-10(13)9-12(2,3)11-7-5-4-6-8-11;1-4-7(3,5-2)6(8)9/h10-11,13H,4-9H2,1-3H3;4-5H2,1-3H3,(H,8,9)/q+1;/p-1. The van der Waals surface area contributed by atoms with Crippen LogP contribution in [0.3, 0.4) is 0 Å². The first-order valence-corrected chi connectivity index (χ1v) is 8.81. The highest BCUT2D eigenvalue weighted by molar-refractivity contribution is 5.71. The lowest BCUT2D eigenvalue weighted by molar-refractivity contribution is -0.919. The second kappa shape index (κ2) is 9.51. The number of hydrogen-bond acceptors (Lipinski definition) is 3. The fourth-order valence-corrected chi connectivity index (χ4v) is 3.15. The highest BCUT2D eigenvalue weighted by Gasteiger charge is 2.30. The number of hydrogen-bond donors (Lipinski definition) is 1. The van der Waals surface area contributed by atoms with Crippen LogP contribution in [-0.4, -0.2) is 48.3 Å². The molecular weight excluding hydrogens is 278 g/mol. The monoisotopic (exact) mass is 315 g/mol. The summed E-state index contributed by atoms with van der Waals surface area (Å²) in [6.45, 7) is 8.22. The molecule has 22 heavy (non-hydrogen) atoms. The van der Waals surface area contributed by atoms with E-state index >= 15 is 0 Å². The van der Waals surface area contributed by atoms with Crippen LogP contribution in [-0.2, 0) is 4.79 Å². The Labute approximate surface area is 137 Å². The van der Waals surface area contributed by atoms with Crippen molar-refractivity contribution in [2.45, 2.75) is 84.8 Å². The molecular formula is C18H37NO3. The zero-order chi connectivity index (χ0) is 17.4. The average molecular weight is 315 g/mol. The lowest BCUT2D eigenvalue weighted by Crippen LogP contribution is -2.52. The van der Waals surface area contributed by atoms with E-state index in [4.69, 9.17) is 0 Å². The van der Waals surface area contributed by atoms with E-state index in [0.717, 1.165) is 17.1 Å². The van der Waals surface area contributed by atoms with Crippen molar-refractivity contribution >= 4 is 5.97 Å². The maximum atomic E-state index is 10.4. The maximum Gasteiger partial charge on any atom is 0.104 e. The Hall–Kier alpha value is -0.610. The van der Waals surface area contributed by atoms with E-state index in [1.807, 2.05) is 20.8 Å². The molecule has 1 aliphatic rings. The number of rotatable bonds is 6. The number of likely N-dealkylation sites (N-methyl/N-ethyl adjacent to an activating group) is 1. The first-order chi connectivity index (χ1) is 10.1. The van der Waals surface area contributed by atoms with Gasteiger partial charge in [0.2, 0.25) is 0 Å². The Kier molecular flexibility index (Phi) is 9.25. The van der Waals surface area contributed by atoms with Crippen molar-refractivity contribution in [3.8, 4) is 0 Å². The van der Waals surface area contributed by atoms with Crippen LogP contribution in [0.2, 0.25) is 0 Å². The molecule has 1 rings (SSSR count). The molecule has 0 saturated heterocycles. The van der Waals surface area contributed by atoms with Crippen LogP contribution >= 0.6 is 0 Å². The predicted octanol–water partition coefficient (Wildman–Crippen LogP) is 2.34. The van der Waals surface area contributed by atoms with E-state index < -0.39 is 11.4 Å². The Morgan fingerprint density at radius 1 is 1.23 bits per heavy atom. The molecule has 0 aromatic carbocycles. The molecule has 1 atom stereocenters. The second-order valence-corrected chi connectivity index (χ2v) is 7.66. The van der Waals surface area contributed by atoms with E-state index in [1.54, 1.807) is 6.92 Å². The van der Waals surface area contributed by atoms with E-state index in [2.05, 4.69) is 14.1 Å². The highest BCUT2D eigenvalue weighted by Crippen LogP contribution is 2.25. The van der Waals surface area contributed by atoms with Crippen LogP contribution in [0.4, 0.5) is 0 Å². The molecule has 132 valence electrons. The largest absolute Gasteiger partial charge is 0.550 e. The quantitative estimate of drug-likeness (QED) is 0.765. The fraction of sp³-hybridized carbons (Fsp3) is 0.944. The molecule has 1 fully saturated rings. The van der Waals surface area contributed by atoms with Gasteiger partial charge in [0.1, 0.15) is 12.6 Å². The first kappa shape index (κ1) is 21.4. The third-order valence-corrected chi connectivity index (χ3v) is 5.35. The maximum absolute atomic E-state index is 10.4. The van der Waals surface area contributed by atoms with Gasteiger partial charge in [0.15, 0.2) is 0 Å². The van der Waals surface area contributed by atoms with E-state index in [0.29, 0.717) is 12.8 Å². The molecule has 0 aromatic heterocycles. The SMILES string of the molecule is CC(O)C[N+](C)(C)C1CCCCC1.CCC(C)(CC)C(=O)[O-]. The summed E-state index contributed by atoms with van der Waals surface area (Å²) in [5, 5.41) is 19.8. The number of carbonyl (C=O) groups excluding carboxylic acids is 1. The van der Waals surface area contributed by atoms with Gasteiger partial charge in [0.05, 0.1) is 20.1 Å². The van der Waals surface area contributed by atoms with Crippen molar-refractivity contribution < 1.29 is 19.5 Å². The summed E-state index contributed by atoms with van der Waals surface area (Å²) in [6, 6.07) is 0.781. The Bertz CT molecular complexity index is 316. The summed E-state index contributed by atoms with van der Waals surface area (Å²) in [7, 11) is 4.51. The van der Waals surface area contributed by atoms with Crippen LogP contribution in [0.5, 0.6) is 0 Å². The zero-order valence-corrected chi connectivity index (χ0v) is 15.5. The van der Waals surface area contributed by atoms with Gasteiger partial charge >= 0.3 is 0 Å². The molecule has 1 saturated carbocycles. The van der Waals surface area contributed by atoms with Gasteiger partial charge in [-0.1, -0.05) is 27.2 Å². The average Bonchev–Trinajstić information content (AvgIpc) is 2.46. The number of carboxylic acids is 1. The summed E-state index contributed by atoms with van der Waals surface area (Å²) < 4.78 is 0.998. The van der Waals surface area contributed by atoms with Crippen LogP contribution in [0.1, 0.15) is 72.6 Å². The van der Waals surface area contributed by atoms with Gasteiger partial charge in [-0.15, -0.1) is 0 Å². The summed E-state index contributed by atoms with van der Waals surface area (Å²) in [4.78, 5) is 10.4. The van der Waals surface area contributed by atoms with Crippen molar-refractivity contribution in [1.29, 1.82) is 0 Å². The van der Waals surface area contributed by atoms with Gasteiger partial charge in [0.25, 0.3) is 0 Å². The second-order valence-electron chi connectivity index (χ2n) is 7.66. The van der Waals surface area contributed by atoms with Crippen LogP contribution in [0, 0.1) is 5.41 Å². The molecule has 1 unspecified atom stereocenters. The molecule has 1 aliphatic carbocycles. The fourth-order valence-electron chi connectivity index (χ4n) is 3.15. The third-order valence-electron chi connectivity index (χ3n) is 5.35. The lowest BCUT2D eigenvalue weighted by atomic mass is 9.85. The van der Waals surface area contributed by atoms with E-state index in [1.165, 1.54) is 32.1 Å². The Morgan fingerprint density at radius 3 is 1.95 bits per heavy atom. The van der Waals surface area contributed by atoms with Gasteiger partial charge in [0, 0.05) is 11.4 Å². The molecule has 0 bridgehead atoms. The number of aliphatic hydroxyl groups is 1. The summed E-state index contributed by atoms with van der Waals surface area (Å²) in [5.74, 6) is -0.937. The van der Waals surface area contributed by atoms with Crippen LogP contribution in [0.25, 0.3) is 0 Å². The summed E-state index contributed by atoms with van der Waals surface area (Å²) in [6.07, 6.45) is 7.98. The smallest absolute Gasteiger partial charge is 0.104 e. The van der Waals surface area contributed by atoms with Crippen LogP contribution in [0.15, 0.2) is 0 Å². The number of aliphatic carboxylic acids is 1. The Balaban J connectivity index is 0.000000433. The predicted molar refractivity (Wildman–Crippen MR) is 89.2 cm³/mol. The minimum Gasteiger partial charge on any atom is -0.550 e. The van der Waals surface area contributed by atoms with Gasteiger partial charge in [-0.3, -0.25) is 0 Å². The van der Waals surface area contributed by atoms with Gasteiger partial charge in [-0.05, 0) is 45.4 Å². The first-order valence-electron chi connectivity index (χ1n) is 8.81. The Morgan fingerprint density at radius 2 is 1.68 bits per heavy atom. The number of nitrogens with zero attached hydrogens (tertiary/aromatic N) is 1. The highest BCUT2D eigenvalue weighted by atomic mass is 16.4. The number of carbonyl (C=O) groups is 1. The topological polar surface area (TPSA) is 60.4 Å². The van der Waals surface area contributed by atoms with Gasteiger partial charge < -0.3 is 19.5 Å². The normalized spacial score (nSPS) is 18.3. The minimum atomic E-state index is -0.937.